The maximum atomic E-state index is 12.0. The Morgan fingerprint density at radius 3 is 2.54 bits per heavy atom. The van der Waals surface area contributed by atoms with Gasteiger partial charge in [0.05, 0.1) is 18.1 Å². The summed E-state index contributed by atoms with van der Waals surface area (Å²) in [7, 11) is 0. The van der Waals surface area contributed by atoms with Gasteiger partial charge in [0.25, 0.3) is 0 Å². The van der Waals surface area contributed by atoms with E-state index in [0.29, 0.717) is 11.7 Å². The Bertz CT molecular complexity index is 278. The summed E-state index contributed by atoms with van der Waals surface area (Å²) in [4.78, 5) is 12.0. The zero-order chi connectivity index (χ0) is 9.27. The predicted molar refractivity (Wildman–Crippen MR) is 48.3 cm³/mol. The summed E-state index contributed by atoms with van der Waals surface area (Å²) in [5.74, 6) is 1.11. The largest absolute Gasteiger partial charge is 0.372 e. The summed E-state index contributed by atoms with van der Waals surface area (Å²) in [6.07, 6.45) is 3.39. The van der Waals surface area contributed by atoms with Crippen molar-refractivity contribution in [1.82, 2.24) is 0 Å². The van der Waals surface area contributed by atoms with Crippen LogP contribution in [0.2, 0.25) is 0 Å². The van der Waals surface area contributed by atoms with Gasteiger partial charge in [-0.25, -0.2) is 0 Å². The lowest BCUT2D eigenvalue weighted by atomic mass is 9.67. The average molecular weight is 180 g/mol. The van der Waals surface area contributed by atoms with Crippen LogP contribution < -0.4 is 0 Å². The van der Waals surface area contributed by atoms with Crippen LogP contribution in [0.1, 0.15) is 33.1 Å². The predicted octanol–water partition coefficient (Wildman–Crippen LogP) is 1.78. The van der Waals surface area contributed by atoms with Gasteiger partial charge in [-0.15, -0.1) is 0 Å². The molecule has 2 aliphatic carbocycles. The van der Waals surface area contributed by atoms with Gasteiger partial charge < -0.3 is 4.74 Å². The molecule has 0 aromatic heterocycles. The van der Waals surface area contributed by atoms with Gasteiger partial charge >= 0.3 is 0 Å². The lowest BCUT2D eigenvalue weighted by Gasteiger charge is -2.35. The fraction of sp³-hybridized carbons (Fsp3) is 0.909. The Balaban J connectivity index is 2.11. The van der Waals surface area contributed by atoms with E-state index in [1.165, 1.54) is 6.42 Å². The molecule has 0 amide bonds. The highest BCUT2D eigenvalue weighted by Crippen LogP contribution is 2.67. The molecule has 3 rings (SSSR count). The minimum atomic E-state index is -0.0856. The van der Waals surface area contributed by atoms with Gasteiger partial charge in [-0.3, -0.25) is 4.79 Å². The van der Waals surface area contributed by atoms with Crippen LogP contribution in [-0.2, 0) is 9.53 Å². The van der Waals surface area contributed by atoms with Crippen molar-refractivity contribution in [2.24, 2.45) is 16.7 Å². The van der Waals surface area contributed by atoms with Crippen LogP contribution in [-0.4, -0.2) is 18.5 Å². The second-order valence-corrected chi connectivity index (χ2v) is 5.38. The molecule has 0 aromatic carbocycles. The molecule has 0 radical (unpaired) electrons. The first-order valence-corrected chi connectivity index (χ1v) is 5.24. The molecule has 1 aliphatic heterocycles. The second kappa shape index (κ2) is 2.00. The summed E-state index contributed by atoms with van der Waals surface area (Å²) in [5, 5.41) is 0. The molecule has 13 heavy (non-hydrogen) atoms. The highest BCUT2D eigenvalue weighted by atomic mass is 16.6. The van der Waals surface area contributed by atoms with E-state index >= 15 is 0 Å². The average Bonchev–Trinajstić information content (AvgIpc) is 2.81. The van der Waals surface area contributed by atoms with Crippen molar-refractivity contribution in [3.63, 3.8) is 0 Å². The maximum Gasteiger partial charge on any atom is 0.142 e. The minimum Gasteiger partial charge on any atom is -0.372 e. The number of fused-ring (bicyclic) bond motifs is 2. The second-order valence-electron chi connectivity index (χ2n) is 5.38. The van der Waals surface area contributed by atoms with Crippen molar-refractivity contribution in [2.75, 3.05) is 6.61 Å². The third-order valence-electron chi connectivity index (χ3n) is 4.87. The molecule has 0 unspecified atom stereocenters. The SMILES string of the molecule is CC1(C)[C@@H]2CC[C@@]1([C@@H]1CO1)C(=O)C2. The lowest BCUT2D eigenvalue weighted by molar-refractivity contribution is -0.130. The van der Waals surface area contributed by atoms with Crippen LogP contribution in [0.15, 0.2) is 0 Å². The third-order valence-corrected chi connectivity index (χ3v) is 4.87. The number of rotatable bonds is 1. The number of ether oxygens (including phenoxy) is 1. The highest BCUT2D eigenvalue weighted by molar-refractivity contribution is 5.90. The van der Waals surface area contributed by atoms with E-state index in [1.54, 1.807) is 0 Å². The molecule has 1 heterocycles. The van der Waals surface area contributed by atoms with E-state index < -0.39 is 0 Å². The number of hydrogen-bond donors (Lipinski definition) is 0. The molecule has 2 nitrogen and oxygen atoms in total. The molecule has 0 aromatic rings. The van der Waals surface area contributed by atoms with Crippen LogP contribution in [0.4, 0.5) is 0 Å². The molecule has 0 spiro atoms. The molecule has 0 N–H and O–H groups in total. The smallest absolute Gasteiger partial charge is 0.142 e. The number of Topliss-reactive ketones (excluding diaryl/α,β-unsaturated/α-hetero) is 1. The monoisotopic (exact) mass is 180 g/mol. The molecule has 1 saturated heterocycles. The van der Waals surface area contributed by atoms with Crippen LogP contribution in [0.3, 0.4) is 0 Å². The molecular weight excluding hydrogens is 164 g/mol. The zero-order valence-corrected chi connectivity index (χ0v) is 8.30. The van der Waals surface area contributed by atoms with Crippen LogP contribution >= 0.6 is 0 Å². The van der Waals surface area contributed by atoms with Crippen molar-refractivity contribution < 1.29 is 9.53 Å². The Kier molecular flexibility index (Phi) is 1.23. The molecule has 3 aliphatic rings. The van der Waals surface area contributed by atoms with Gasteiger partial charge in [0.15, 0.2) is 0 Å². The van der Waals surface area contributed by atoms with Crippen LogP contribution in [0.5, 0.6) is 0 Å². The van der Waals surface area contributed by atoms with Crippen molar-refractivity contribution in [3.05, 3.63) is 0 Å². The molecule has 2 saturated carbocycles. The molecule has 3 fully saturated rings. The van der Waals surface area contributed by atoms with E-state index in [0.717, 1.165) is 19.4 Å². The zero-order valence-electron chi connectivity index (χ0n) is 8.30. The van der Waals surface area contributed by atoms with Gasteiger partial charge in [-0.1, -0.05) is 13.8 Å². The van der Waals surface area contributed by atoms with Crippen molar-refractivity contribution in [1.29, 1.82) is 0 Å². The van der Waals surface area contributed by atoms with Crippen molar-refractivity contribution in [2.45, 2.75) is 39.2 Å². The van der Waals surface area contributed by atoms with Crippen molar-refractivity contribution >= 4 is 5.78 Å². The third kappa shape index (κ3) is 0.687. The molecule has 3 atom stereocenters. The first kappa shape index (κ1) is 7.98. The molecule has 2 heteroatoms. The Morgan fingerprint density at radius 1 is 1.46 bits per heavy atom. The topological polar surface area (TPSA) is 29.6 Å². The lowest BCUT2D eigenvalue weighted by Crippen LogP contribution is -2.41. The highest BCUT2D eigenvalue weighted by Gasteiger charge is 2.70. The number of hydrogen-bond acceptors (Lipinski definition) is 2. The number of epoxide rings is 1. The first-order chi connectivity index (χ1) is 6.09. The van der Waals surface area contributed by atoms with E-state index in [2.05, 4.69) is 13.8 Å². The fourth-order valence-electron chi connectivity index (χ4n) is 3.80. The summed E-state index contributed by atoms with van der Waals surface area (Å²) < 4.78 is 5.40. The molecule has 72 valence electrons. The van der Waals surface area contributed by atoms with E-state index in [4.69, 9.17) is 4.74 Å². The van der Waals surface area contributed by atoms with Crippen molar-refractivity contribution in [3.8, 4) is 0 Å². The Morgan fingerprint density at radius 2 is 2.15 bits per heavy atom. The standard InChI is InChI=1S/C11H16O2/c1-10(2)7-3-4-11(10,8(12)5-7)9-6-13-9/h7,9H,3-6H2,1-2H3/t7-,9+,11+/m1/s1. The van der Waals surface area contributed by atoms with Gasteiger partial charge in [-0.05, 0) is 24.2 Å². The van der Waals surface area contributed by atoms with E-state index in [1.807, 2.05) is 0 Å². The van der Waals surface area contributed by atoms with Gasteiger partial charge in [0.1, 0.15) is 5.78 Å². The summed E-state index contributed by atoms with van der Waals surface area (Å²) in [6.45, 7) is 5.34. The quantitative estimate of drug-likeness (QED) is 0.576. The summed E-state index contributed by atoms with van der Waals surface area (Å²) in [6, 6.07) is 0. The van der Waals surface area contributed by atoms with Gasteiger partial charge in [0.2, 0.25) is 0 Å². The van der Waals surface area contributed by atoms with E-state index in [9.17, 15) is 4.79 Å². The fourth-order valence-corrected chi connectivity index (χ4v) is 3.80. The van der Waals surface area contributed by atoms with Crippen LogP contribution in [0, 0.1) is 16.7 Å². The van der Waals surface area contributed by atoms with Gasteiger partial charge in [0, 0.05) is 6.42 Å². The van der Waals surface area contributed by atoms with E-state index in [-0.39, 0.29) is 16.9 Å². The summed E-state index contributed by atoms with van der Waals surface area (Å²) in [5.41, 5.74) is 0.114. The first-order valence-electron chi connectivity index (χ1n) is 5.24. The van der Waals surface area contributed by atoms with Gasteiger partial charge in [-0.2, -0.15) is 0 Å². The molecular formula is C11H16O2. The minimum absolute atomic E-state index is 0.0856. The Hall–Kier alpha value is -0.370. The van der Waals surface area contributed by atoms with Crippen LogP contribution in [0.25, 0.3) is 0 Å². The number of carbonyl (C=O) groups is 1. The number of carbonyl (C=O) groups excluding carboxylic acids is 1. The Labute approximate surface area is 78.6 Å². The normalized spacial score (nSPS) is 51.4. The number of ketones is 1. The summed E-state index contributed by atoms with van der Waals surface area (Å²) >= 11 is 0. The maximum absolute atomic E-state index is 12.0. The molecule has 2 bridgehead atoms.